The molecule has 3 heteroatoms. The molecule has 0 aliphatic carbocycles. The van der Waals surface area contributed by atoms with Crippen molar-refractivity contribution in [1.29, 1.82) is 0 Å². The average molecular weight is 309 g/mol. The minimum absolute atomic E-state index is 0.450. The smallest absolute Gasteiger partial charge is 0.0621 e. The highest BCUT2D eigenvalue weighted by Crippen LogP contribution is 2.23. The Morgan fingerprint density at radius 3 is 2.25 bits per heavy atom. The van der Waals surface area contributed by atoms with Crippen LogP contribution in [0.25, 0.3) is 0 Å². The van der Waals surface area contributed by atoms with Crippen molar-refractivity contribution in [2.75, 3.05) is 0 Å². The van der Waals surface area contributed by atoms with Gasteiger partial charge in [0.2, 0.25) is 0 Å². The van der Waals surface area contributed by atoms with Crippen LogP contribution < -0.4 is 0 Å². The van der Waals surface area contributed by atoms with Crippen LogP contribution in [-0.2, 0) is 12.8 Å². The van der Waals surface area contributed by atoms with E-state index in [4.69, 9.17) is 23.2 Å². The Morgan fingerprint density at radius 1 is 1.00 bits per heavy atom. The van der Waals surface area contributed by atoms with Gasteiger partial charge >= 0.3 is 0 Å². The molecule has 0 aromatic heterocycles. The van der Waals surface area contributed by atoms with Gasteiger partial charge in [-0.25, -0.2) is 0 Å². The molecule has 1 nitrogen and oxygen atoms in total. The predicted octanol–water partition coefficient (Wildman–Crippen LogP) is 4.76. The van der Waals surface area contributed by atoms with E-state index >= 15 is 0 Å². The van der Waals surface area contributed by atoms with Gasteiger partial charge in [-0.05, 0) is 54.7 Å². The van der Waals surface area contributed by atoms with Gasteiger partial charge in [0.1, 0.15) is 0 Å². The summed E-state index contributed by atoms with van der Waals surface area (Å²) in [7, 11) is 0. The number of hydrogen-bond acceptors (Lipinski definition) is 1. The van der Waals surface area contributed by atoms with Gasteiger partial charge < -0.3 is 5.11 Å². The molecule has 0 bridgehead atoms. The molecule has 0 saturated carbocycles. The molecule has 2 aromatic rings. The standard InChI is InChI=1S/C17H18Cl2O/c1-11-4-3-5-12(2)16(11)10-15(20)8-13-6-7-14(18)9-17(13)19/h3-7,9,15,20H,8,10H2,1-2H3. The lowest BCUT2D eigenvalue weighted by Crippen LogP contribution is -2.15. The zero-order valence-electron chi connectivity index (χ0n) is 11.7. The first kappa shape index (κ1) is 15.4. The molecular formula is C17H18Cl2O. The number of rotatable bonds is 4. The Kier molecular flexibility index (Phi) is 5.09. The second-order valence-electron chi connectivity index (χ2n) is 5.17. The normalized spacial score (nSPS) is 12.4. The first-order valence-corrected chi connectivity index (χ1v) is 7.40. The van der Waals surface area contributed by atoms with Gasteiger partial charge in [0.25, 0.3) is 0 Å². The summed E-state index contributed by atoms with van der Waals surface area (Å²) in [6.45, 7) is 4.15. The molecule has 0 amide bonds. The summed E-state index contributed by atoms with van der Waals surface area (Å²) >= 11 is 12.0. The van der Waals surface area contributed by atoms with Gasteiger partial charge in [0.05, 0.1) is 6.10 Å². The van der Waals surface area contributed by atoms with Crippen LogP contribution in [-0.4, -0.2) is 11.2 Å². The average Bonchev–Trinajstić information content (AvgIpc) is 2.37. The Bertz CT molecular complexity index is 588. The number of aliphatic hydroxyl groups excluding tert-OH is 1. The minimum Gasteiger partial charge on any atom is -0.392 e. The molecule has 0 fully saturated rings. The van der Waals surface area contributed by atoms with E-state index in [0.717, 1.165) is 5.56 Å². The summed E-state index contributed by atoms with van der Waals surface area (Å²) in [5, 5.41) is 11.5. The van der Waals surface area contributed by atoms with Crippen LogP contribution >= 0.6 is 23.2 Å². The number of halogens is 2. The molecule has 20 heavy (non-hydrogen) atoms. The third-order valence-electron chi connectivity index (χ3n) is 3.55. The van der Waals surface area contributed by atoms with E-state index < -0.39 is 6.10 Å². The van der Waals surface area contributed by atoms with Crippen molar-refractivity contribution in [1.82, 2.24) is 0 Å². The molecule has 0 aliphatic rings. The first-order chi connectivity index (χ1) is 9.47. The number of aryl methyl sites for hydroxylation is 2. The van der Waals surface area contributed by atoms with Gasteiger partial charge in [0, 0.05) is 16.5 Å². The lowest BCUT2D eigenvalue weighted by Gasteiger charge is -2.15. The Balaban J connectivity index is 2.11. The molecule has 2 aromatic carbocycles. The lowest BCUT2D eigenvalue weighted by atomic mass is 9.95. The molecule has 1 atom stereocenters. The van der Waals surface area contributed by atoms with Crippen molar-refractivity contribution in [2.24, 2.45) is 0 Å². The van der Waals surface area contributed by atoms with Crippen molar-refractivity contribution in [3.05, 3.63) is 68.7 Å². The highest BCUT2D eigenvalue weighted by molar-refractivity contribution is 6.35. The molecule has 1 unspecified atom stereocenters. The topological polar surface area (TPSA) is 20.2 Å². The van der Waals surface area contributed by atoms with Crippen molar-refractivity contribution < 1.29 is 5.11 Å². The summed E-state index contributed by atoms with van der Waals surface area (Å²) in [4.78, 5) is 0. The molecule has 0 saturated heterocycles. The Morgan fingerprint density at radius 2 is 1.65 bits per heavy atom. The monoisotopic (exact) mass is 308 g/mol. The zero-order valence-corrected chi connectivity index (χ0v) is 13.2. The SMILES string of the molecule is Cc1cccc(C)c1CC(O)Cc1ccc(Cl)cc1Cl. The fourth-order valence-electron chi connectivity index (χ4n) is 2.42. The van der Waals surface area contributed by atoms with E-state index in [1.807, 2.05) is 12.1 Å². The molecule has 0 spiro atoms. The summed E-state index contributed by atoms with van der Waals surface area (Å²) in [6.07, 6.45) is 0.717. The van der Waals surface area contributed by atoms with Gasteiger partial charge in [-0.3, -0.25) is 0 Å². The van der Waals surface area contributed by atoms with Crippen molar-refractivity contribution in [3.63, 3.8) is 0 Å². The maximum atomic E-state index is 10.3. The minimum atomic E-state index is -0.450. The first-order valence-electron chi connectivity index (χ1n) is 6.64. The van der Waals surface area contributed by atoms with E-state index in [9.17, 15) is 5.11 Å². The fourth-order valence-corrected chi connectivity index (χ4v) is 2.91. The molecule has 106 valence electrons. The Hall–Kier alpha value is -1.02. The second-order valence-corrected chi connectivity index (χ2v) is 6.01. The number of aliphatic hydroxyl groups is 1. The third kappa shape index (κ3) is 3.76. The Labute approximate surface area is 130 Å². The van der Waals surface area contributed by atoms with E-state index in [1.54, 1.807) is 12.1 Å². The van der Waals surface area contributed by atoms with Gasteiger partial charge in [-0.15, -0.1) is 0 Å². The highest BCUT2D eigenvalue weighted by atomic mass is 35.5. The molecular weight excluding hydrogens is 291 g/mol. The van der Waals surface area contributed by atoms with Crippen LogP contribution in [0.4, 0.5) is 0 Å². The van der Waals surface area contributed by atoms with Crippen LogP contribution in [0, 0.1) is 13.8 Å². The molecule has 1 N–H and O–H groups in total. The van der Waals surface area contributed by atoms with Gasteiger partial charge in [-0.1, -0.05) is 47.5 Å². The van der Waals surface area contributed by atoms with Crippen LogP contribution in [0.5, 0.6) is 0 Å². The van der Waals surface area contributed by atoms with Gasteiger partial charge in [0.15, 0.2) is 0 Å². The maximum Gasteiger partial charge on any atom is 0.0621 e. The van der Waals surface area contributed by atoms with Crippen LogP contribution in [0.1, 0.15) is 22.3 Å². The van der Waals surface area contributed by atoms with E-state index in [-0.39, 0.29) is 0 Å². The number of benzene rings is 2. The van der Waals surface area contributed by atoms with E-state index in [0.29, 0.717) is 22.9 Å². The van der Waals surface area contributed by atoms with Crippen molar-refractivity contribution >= 4 is 23.2 Å². The van der Waals surface area contributed by atoms with Crippen LogP contribution in [0.15, 0.2) is 36.4 Å². The summed E-state index contributed by atoms with van der Waals surface area (Å²) < 4.78 is 0. The quantitative estimate of drug-likeness (QED) is 0.863. The summed E-state index contributed by atoms with van der Waals surface area (Å²) in [5.74, 6) is 0. The third-order valence-corrected chi connectivity index (χ3v) is 4.14. The molecule has 0 aliphatic heterocycles. The maximum absolute atomic E-state index is 10.3. The van der Waals surface area contributed by atoms with Crippen molar-refractivity contribution in [3.8, 4) is 0 Å². The predicted molar refractivity (Wildman–Crippen MR) is 85.8 cm³/mol. The van der Waals surface area contributed by atoms with Crippen LogP contribution in [0.3, 0.4) is 0 Å². The molecule has 0 radical (unpaired) electrons. The van der Waals surface area contributed by atoms with E-state index in [2.05, 4.69) is 26.0 Å². The lowest BCUT2D eigenvalue weighted by molar-refractivity contribution is 0.175. The van der Waals surface area contributed by atoms with Crippen molar-refractivity contribution in [2.45, 2.75) is 32.8 Å². The fraction of sp³-hybridized carbons (Fsp3) is 0.294. The highest BCUT2D eigenvalue weighted by Gasteiger charge is 2.12. The molecule has 2 rings (SSSR count). The molecule has 0 heterocycles. The zero-order chi connectivity index (χ0) is 14.7. The largest absolute Gasteiger partial charge is 0.392 e. The second kappa shape index (κ2) is 6.62. The number of hydrogen-bond donors (Lipinski definition) is 1. The summed E-state index contributed by atoms with van der Waals surface area (Å²) in [5.41, 5.74) is 4.57. The van der Waals surface area contributed by atoms with Crippen LogP contribution in [0.2, 0.25) is 10.0 Å². The summed E-state index contributed by atoms with van der Waals surface area (Å²) in [6, 6.07) is 11.6. The van der Waals surface area contributed by atoms with Gasteiger partial charge in [-0.2, -0.15) is 0 Å². The van der Waals surface area contributed by atoms with E-state index in [1.165, 1.54) is 16.7 Å².